The Morgan fingerprint density at radius 1 is 0.913 bits per heavy atom. The highest BCUT2D eigenvalue weighted by Crippen LogP contribution is 2.26. The van der Waals surface area contributed by atoms with Crippen LogP contribution in [-0.2, 0) is 0 Å². The highest BCUT2D eigenvalue weighted by Gasteiger charge is 2.13. The molecule has 0 heterocycles. The van der Waals surface area contributed by atoms with Gasteiger partial charge in [-0.15, -0.1) is 0 Å². The van der Waals surface area contributed by atoms with E-state index < -0.39 is 0 Å². The average molecular weight is 322 g/mol. The summed E-state index contributed by atoms with van der Waals surface area (Å²) in [5, 5.41) is 3.55. The number of aryl methyl sites for hydroxylation is 1. The third-order valence-corrected chi connectivity index (χ3v) is 3.94. The Bertz CT molecular complexity index is 843. The molecule has 0 saturated heterocycles. The number of anilines is 1. The van der Waals surface area contributed by atoms with Gasteiger partial charge in [-0.2, -0.15) is 0 Å². The van der Waals surface area contributed by atoms with E-state index in [1.165, 1.54) is 0 Å². The number of carbonyl (C=O) groups excluding carboxylic acids is 1. The maximum Gasteiger partial charge on any atom is 0.256 e. The van der Waals surface area contributed by atoms with Crippen LogP contribution in [0.4, 0.5) is 5.69 Å². The van der Waals surface area contributed by atoms with Gasteiger partial charge in [-0.05, 0) is 41.8 Å². The zero-order valence-corrected chi connectivity index (χ0v) is 13.5. The van der Waals surface area contributed by atoms with Gasteiger partial charge in [0, 0.05) is 16.3 Å². The minimum absolute atomic E-state index is 0.144. The molecule has 3 aromatic carbocycles. The standard InChI is InChI=1S/C20H16ClNO/c1-14-11-12-16(21)13-19(14)22-20(23)18-10-6-5-9-17(18)15-7-3-2-4-8-15/h2-13H,1H3,(H,22,23). The van der Waals surface area contributed by atoms with Crippen molar-refractivity contribution < 1.29 is 4.79 Å². The number of hydrogen-bond acceptors (Lipinski definition) is 1. The van der Waals surface area contributed by atoms with Crippen molar-refractivity contribution in [3.63, 3.8) is 0 Å². The molecule has 0 saturated carbocycles. The quantitative estimate of drug-likeness (QED) is 0.671. The van der Waals surface area contributed by atoms with E-state index in [4.69, 9.17) is 11.6 Å². The van der Waals surface area contributed by atoms with E-state index in [0.29, 0.717) is 10.6 Å². The van der Waals surface area contributed by atoms with Crippen molar-refractivity contribution in [3.8, 4) is 11.1 Å². The van der Waals surface area contributed by atoms with Gasteiger partial charge in [-0.3, -0.25) is 4.79 Å². The predicted octanol–water partition coefficient (Wildman–Crippen LogP) is 5.57. The first-order valence-electron chi connectivity index (χ1n) is 7.37. The lowest BCUT2D eigenvalue weighted by molar-refractivity contribution is 0.102. The molecule has 0 aliphatic carbocycles. The Hall–Kier alpha value is -2.58. The summed E-state index contributed by atoms with van der Waals surface area (Å²) in [6.07, 6.45) is 0. The SMILES string of the molecule is Cc1ccc(Cl)cc1NC(=O)c1ccccc1-c1ccccc1. The Kier molecular flexibility index (Phi) is 4.45. The summed E-state index contributed by atoms with van der Waals surface area (Å²) >= 11 is 6.02. The van der Waals surface area contributed by atoms with Crippen LogP contribution >= 0.6 is 11.6 Å². The molecule has 2 nitrogen and oxygen atoms in total. The van der Waals surface area contributed by atoms with E-state index in [2.05, 4.69) is 5.32 Å². The fourth-order valence-corrected chi connectivity index (χ4v) is 2.64. The van der Waals surface area contributed by atoms with Crippen LogP contribution in [0.5, 0.6) is 0 Å². The monoisotopic (exact) mass is 321 g/mol. The van der Waals surface area contributed by atoms with Gasteiger partial charge in [0.15, 0.2) is 0 Å². The van der Waals surface area contributed by atoms with E-state index in [1.54, 1.807) is 6.07 Å². The van der Waals surface area contributed by atoms with Crippen molar-refractivity contribution >= 4 is 23.2 Å². The summed E-state index contributed by atoms with van der Waals surface area (Å²) in [6.45, 7) is 1.94. The summed E-state index contributed by atoms with van der Waals surface area (Å²) < 4.78 is 0. The molecule has 0 atom stereocenters. The van der Waals surface area contributed by atoms with Crippen LogP contribution in [-0.4, -0.2) is 5.91 Å². The zero-order valence-electron chi connectivity index (χ0n) is 12.7. The second-order valence-corrected chi connectivity index (χ2v) is 5.76. The number of carbonyl (C=O) groups is 1. The Morgan fingerprint density at radius 2 is 1.61 bits per heavy atom. The second kappa shape index (κ2) is 6.67. The van der Waals surface area contributed by atoms with E-state index in [0.717, 1.165) is 22.4 Å². The topological polar surface area (TPSA) is 29.1 Å². The lowest BCUT2D eigenvalue weighted by Gasteiger charge is -2.12. The summed E-state index contributed by atoms with van der Waals surface area (Å²) in [6, 6.07) is 22.9. The van der Waals surface area contributed by atoms with E-state index >= 15 is 0 Å². The van der Waals surface area contributed by atoms with Crippen molar-refractivity contribution in [3.05, 3.63) is 88.9 Å². The second-order valence-electron chi connectivity index (χ2n) is 5.32. The third-order valence-electron chi connectivity index (χ3n) is 3.70. The molecular formula is C20H16ClNO. The number of hydrogen-bond donors (Lipinski definition) is 1. The molecule has 1 amide bonds. The van der Waals surface area contributed by atoms with Gasteiger partial charge in [-0.25, -0.2) is 0 Å². The van der Waals surface area contributed by atoms with Crippen LogP contribution in [0.15, 0.2) is 72.8 Å². The molecule has 1 N–H and O–H groups in total. The molecule has 0 bridgehead atoms. The Balaban J connectivity index is 1.96. The first-order valence-corrected chi connectivity index (χ1v) is 7.75. The highest BCUT2D eigenvalue weighted by molar-refractivity contribution is 6.31. The van der Waals surface area contributed by atoms with Gasteiger partial charge >= 0.3 is 0 Å². The van der Waals surface area contributed by atoms with E-state index in [9.17, 15) is 4.79 Å². The predicted molar refractivity (Wildman–Crippen MR) is 96.0 cm³/mol. The van der Waals surface area contributed by atoms with Crippen LogP contribution < -0.4 is 5.32 Å². The van der Waals surface area contributed by atoms with Crippen molar-refractivity contribution in [2.24, 2.45) is 0 Å². The summed E-state index contributed by atoms with van der Waals surface area (Å²) in [5.41, 5.74) is 4.26. The number of amides is 1. The van der Waals surface area contributed by atoms with Gasteiger partial charge in [-0.1, -0.05) is 66.2 Å². The summed E-state index contributed by atoms with van der Waals surface area (Å²) in [5.74, 6) is -0.144. The number of rotatable bonds is 3. The molecule has 3 rings (SSSR count). The van der Waals surface area contributed by atoms with Crippen molar-refractivity contribution in [1.82, 2.24) is 0 Å². The molecule has 0 radical (unpaired) electrons. The molecule has 0 unspecified atom stereocenters. The van der Waals surface area contributed by atoms with Gasteiger partial charge in [0.25, 0.3) is 5.91 Å². The van der Waals surface area contributed by atoms with Crippen LogP contribution in [0.2, 0.25) is 5.02 Å². The van der Waals surface area contributed by atoms with Gasteiger partial charge in [0.1, 0.15) is 0 Å². The molecule has 0 aromatic heterocycles. The molecular weight excluding hydrogens is 306 g/mol. The van der Waals surface area contributed by atoms with Crippen molar-refractivity contribution in [2.75, 3.05) is 5.32 Å². The molecule has 0 fully saturated rings. The maximum atomic E-state index is 12.7. The fourth-order valence-electron chi connectivity index (χ4n) is 2.47. The first kappa shape index (κ1) is 15.3. The lowest BCUT2D eigenvalue weighted by atomic mass is 9.99. The molecule has 3 aromatic rings. The van der Waals surface area contributed by atoms with E-state index in [-0.39, 0.29) is 5.91 Å². The molecule has 0 aliphatic rings. The van der Waals surface area contributed by atoms with Crippen LogP contribution in [0.25, 0.3) is 11.1 Å². The van der Waals surface area contributed by atoms with Crippen molar-refractivity contribution in [2.45, 2.75) is 6.92 Å². The first-order chi connectivity index (χ1) is 11.1. The summed E-state index contributed by atoms with van der Waals surface area (Å²) in [4.78, 5) is 12.7. The fraction of sp³-hybridized carbons (Fsp3) is 0.0500. The maximum absolute atomic E-state index is 12.7. The minimum Gasteiger partial charge on any atom is -0.322 e. The van der Waals surface area contributed by atoms with Crippen molar-refractivity contribution in [1.29, 1.82) is 0 Å². The van der Waals surface area contributed by atoms with Gasteiger partial charge < -0.3 is 5.32 Å². The molecule has 3 heteroatoms. The molecule has 0 spiro atoms. The van der Waals surface area contributed by atoms with Gasteiger partial charge in [0.05, 0.1) is 0 Å². The average Bonchev–Trinajstić information content (AvgIpc) is 2.59. The van der Waals surface area contributed by atoms with Crippen LogP contribution in [0.3, 0.4) is 0 Å². The lowest BCUT2D eigenvalue weighted by Crippen LogP contribution is -2.14. The highest BCUT2D eigenvalue weighted by atomic mass is 35.5. The van der Waals surface area contributed by atoms with Crippen LogP contribution in [0.1, 0.15) is 15.9 Å². The molecule has 0 aliphatic heterocycles. The van der Waals surface area contributed by atoms with Gasteiger partial charge in [0.2, 0.25) is 0 Å². The van der Waals surface area contributed by atoms with E-state index in [1.807, 2.05) is 73.7 Å². The Labute approximate surface area is 140 Å². The zero-order chi connectivity index (χ0) is 16.2. The normalized spacial score (nSPS) is 10.3. The Morgan fingerprint density at radius 3 is 2.39 bits per heavy atom. The minimum atomic E-state index is -0.144. The number of halogens is 1. The number of benzene rings is 3. The van der Waals surface area contributed by atoms with Crippen LogP contribution in [0, 0.1) is 6.92 Å². The number of nitrogens with one attached hydrogen (secondary N) is 1. The summed E-state index contributed by atoms with van der Waals surface area (Å²) in [7, 11) is 0. The smallest absolute Gasteiger partial charge is 0.256 e. The third kappa shape index (κ3) is 3.43. The molecule has 23 heavy (non-hydrogen) atoms. The largest absolute Gasteiger partial charge is 0.322 e. The molecule has 114 valence electrons.